The fourth-order valence-corrected chi connectivity index (χ4v) is 2.98. The molecular formula is C17H26N2O2. The minimum Gasteiger partial charge on any atom is -0.480 e. The number of carboxylic acids is 1. The molecule has 2 N–H and O–H groups in total. The smallest absolute Gasteiger partial charge is 0.323 e. The summed E-state index contributed by atoms with van der Waals surface area (Å²) in [6.07, 6.45) is 2.74. The zero-order chi connectivity index (χ0) is 15.3. The lowest BCUT2D eigenvalue weighted by Crippen LogP contribution is -2.51. The Morgan fingerprint density at radius 3 is 2.33 bits per heavy atom. The number of nitrogens with one attached hydrogen (secondary N) is 1. The Bertz CT molecular complexity index is 462. The van der Waals surface area contributed by atoms with Crippen molar-refractivity contribution in [2.45, 2.75) is 38.6 Å². The lowest BCUT2D eigenvalue weighted by molar-refractivity contribution is -0.144. The van der Waals surface area contributed by atoms with Crippen LogP contribution in [0, 0.1) is 0 Å². The van der Waals surface area contributed by atoms with Crippen LogP contribution >= 0.6 is 0 Å². The Morgan fingerprint density at radius 2 is 1.86 bits per heavy atom. The van der Waals surface area contributed by atoms with Crippen LogP contribution in [0.25, 0.3) is 0 Å². The van der Waals surface area contributed by atoms with E-state index in [1.165, 1.54) is 11.1 Å². The second-order valence-electron chi connectivity index (χ2n) is 6.03. The average Bonchev–Trinajstić information content (AvgIpc) is 2.68. The number of nitrogens with zero attached hydrogens (tertiary/aromatic N) is 1. The third-order valence-electron chi connectivity index (χ3n) is 4.48. The largest absolute Gasteiger partial charge is 0.480 e. The maximum atomic E-state index is 11.4. The standard InChI is InChI=1S/C17H26N2O2/c1-3-18-17(2,16(20)21)10-13-19-11-8-14-6-4-5-7-15(14)9-12-19/h4-7,18H,3,8-13H2,1-2H3,(H,20,21). The third-order valence-corrected chi connectivity index (χ3v) is 4.48. The van der Waals surface area contributed by atoms with E-state index < -0.39 is 11.5 Å². The summed E-state index contributed by atoms with van der Waals surface area (Å²) in [6, 6.07) is 8.61. The van der Waals surface area contributed by atoms with Crippen LogP contribution in [0.2, 0.25) is 0 Å². The van der Waals surface area contributed by atoms with E-state index in [2.05, 4.69) is 34.5 Å². The van der Waals surface area contributed by atoms with E-state index in [0.717, 1.165) is 32.5 Å². The summed E-state index contributed by atoms with van der Waals surface area (Å²) in [5.41, 5.74) is 2.05. The van der Waals surface area contributed by atoms with E-state index in [9.17, 15) is 9.90 Å². The zero-order valence-electron chi connectivity index (χ0n) is 13.1. The topological polar surface area (TPSA) is 52.6 Å². The minimum atomic E-state index is -0.825. The zero-order valence-corrected chi connectivity index (χ0v) is 13.1. The molecule has 1 heterocycles. The van der Waals surface area contributed by atoms with E-state index in [4.69, 9.17) is 0 Å². The molecule has 0 aromatic heterocycles. The molecule has 1 aromatic carbocycles. The van der Waals surface area contributed by atoms with Gasteiger partial charge in [0, 0.05) is 19.6 Å². The molecule has 0 spiro atoms. The number of benzene rings is 1. The molecule has 0 bridgehead atoms. The van der Waals surface area contributed by atoms with Crippen molar-refractivity contribution in [3.63, 3.8) is 0 Å². The van der Waals surface area contributed by atoms with E-state index >= 15 is 0 Å². The Morgan fingerprint density at radius 1 is 1.29 bits per heavy atom. The van der Waals surface area contributed by atoms with Crippen LogP contribution in [0.5, 0.6) is 0 Å². The highest BCUT2D eigenvalue weighted by Crippen LogP contribution is 2.17. The normalized spacial score (nSPS) is 18.6. The first-order valence-corrected chi connectivity index (χ1v) is 7.83. The predicted molar refractivity (Wildman–Crippen MR) is 84.6 cm³/mol. The number of hydrogen-bond donors (Lipinski definition) is 2. The summed E-state index contributed by atoms with van der Waals surface area (Å²) in [4.78, 5) is 13.8. The number of fused-ring (bicyclic) bond motifs is 1. The first-order chi connectivity index (χ1) is 10.0. The molecule has 1 aliphatic heterocycles. The van der Waals surface area contributed by atoms with Gasteiger partial charge in [-0.25, -0.2) is 0 Å². The van der Waals surface area contributed by atoms with Gasteiger partial charge in [0.25, 0.3) is 0 Å². The number of likely N-dealkylation sites (N-methyl/N-ethyl adjacent to an activating group) is 1. The van der Waals surface area contributed by atoms with Crippen molar-refractivity contribution in [1.82, 2.24) is 10.2 Å². The van der Waals surface area contributed by atoms with Crippen LogP contribution in [0.1, 0.15) is 31.4 Å². The van der Waals surface area contributed by atoms with Crippen LogP contribution in [0.15, 0.2) is 24.3 Å². The van der Waals surface area contributed by atoms with Gasteiger partial charge in [-0.15, -0.1) is 0 Å². The van der Waals surface area contributed by atoms with Crippen LogP contribution < -0.4 is 5.32 Å². The summed E-state index contributed by atoms with van der Waals surface area (Å²) >= 11 is 0. The second kappa shape index (κ2) is 7.05. The molecule has 21 heavy (non-hydrogen) atoms. The number of aliphatic carboxylic acids is 1. The highest BCUT2D eigenvalue weighted by molar-refractivity contribution is 5.78. The predicted octanol–water partition coefficient (Wildman–Crippen LogP) is 1.93. The van der Waals surface area contributed by atoms with Crippen molar-refractivity contribution in [3.05, 3.63) is 35.4 Å². The molecule has 0 amide bonds. The average molecular weight is 290 g/mol. The highest BCUT2D eigenvalue weighted by Gasteiger charge is 2.32. The van der Waals surface area contributed by atoms with Gasteiger partial charge >= 0.3 is 5.97 Å². The quantitative estimate of drug-likeness (QED) is 0.840. The molecule has 0 aliphatic carbocycles. The molecule has 2 rings (SSSR count). The molecule has 0 fully saturated rings. The Balaban J connectivity index is 1.92. The minimum absolute atomic E-state index is 0.631. The van der Waals surface area contributed by atoms with Gasteiger partial charge in [0.15, 0.2) is 0 Å². The molecular weight excluding hydrogens is 264 g/mol. The number of hydrogen-bond acceptors (Lipinski definition) is 3. The van der Waals surface area contributed by atoms with E-state index in [-0.39, 0.29) is 0 Å². The molecule has 116 valence electrons. The highest BCUT2D eigenvalue weighted by atomic mass is 16.4. The number of carbonyl (C=O) groups is 1. The lowest BCUT2D eigenvalue weighted by atomic mass is 9.97. The SMILES string of the molecule is CCNC(C)(CCN1CCc2ccccc2CC1)C(=O)O. The lowest BCUT2D eigenvalue weighted by Gasteiger charge is -2.29. The first-order valence-electron chi connectivity index (χ1n) is 7.83. The summed E-state index contributed by atoms with van der Waals surface area (Å²) < 4.78 is 0. The molecule has 1 atom stereocenters. The van der Waals surface area contributed by atoms with Crippen molar-refractivity contribution in [2.24, 2.45) is 0 Å². The van der Waals surface area contributed by atoms with Crippen LogP contribution in [0.3, 0.4) is 0 Å². The van der Waals surface area contributed by atoms with E-state index in [1.54, 1.807) is 6.92 Å². The molecule has 4 nitrogen and oxygen atoms in total. The van der Waals surface area contributed by atoms with Crippen LogP contribution in [0.4, 0.5) is 0 Å². The summed E-state index contributed by atoms with van der Waals surface area (Å²) in [5, 5.41) is 12.5. The fourth-order valence-electron chi connectivity index (χ4n) is 2.98. The van der Waals surface area contributed by atoms with Gasteiger partial charge < -0.3 is 15.3 Å². The number of carboxylic acid groups (broad SMARTS) is 1. The summed E-state index contributed by atoms with van der Waals surface area (Å²) in [7, 11) is 0. The van der Waals surface area contributed by atoms with E-state index in [1.807, 2.05) is 6.92 Å². The van der Waals surface area contributed by atoms with Gasteiger partial charge in [-0.1, -0.05) is 31.2 Å². The van der Waals surface area contributed by atoms with Crippen molar-refractivity contribution < 1.29 is 9.90 Å². The molecule has 1 unspecified atom stereocenters. The van der Waals surface area contributed by atoms with Gasteiger partial charge in [0.1, 0.15) is 5.54 Å². The molecule has 4 heteroatoms. The maximum absolute atomic E-state index is 11.4. The van der Waals surface area contributed by atoms with Crippen molar-refractivity contribution in [3.8, 4) is 0 Å². The third kappa shape index (κ3) is 4.05. The van der Waals surface area contributed by atoms with E-state index in [0.29, 0.717) is 13.0 Å². The number of rotatable bonds is 6. The molecule has 0 saturated carbocycles. The van der Waals surface area contributed by atoms with Crippen LogP contribution in [-0.2, 0) is 17.6 Å². The Kier molecular flexibility index (Phi) is 5.37. The second-order valence-corrected chi connectivity index (χ2v) is 6.03. The van der Waals surface area contributed by atoms with Crippen molar-refractivity contribution in [2.75, 3.05) is 26.2 Å². The fraction of sp³-hybridized carbons (Fsp3) is 0.588. The Hall–Kier alpha value is -1.39. The Labute approximate surface area is 127 Å². The molecule has 1 aromatic rings. The van der Waals surface area contributed by atoms with Gasteiger partial charge in [-0.2, -0.15) is 0 Å². The van der Waals surface area contributed by atoms with Crippen molar-refractivity contribution >= 4 is 5.97 Å². The van der Waals surface area contributed by atoms with Crippen molar-refractivity contribution in [1.29, 1.82) is 0 Å². The van der Waals surface area contributed by atoms with Gasteiger partial charge in [0.2, 0.25) is 0 Å². The van der Waals surface area contributed by atoms with Gasteiger partial charge in [0.05, 0.1) is 0 Å². The molecule has 0 radical (unpaired) electrons. The summed E-state index contributed by atoms with van der Waals surface area (Å²) in [6.45, 7) is 7.25. The summed E-state index contributed by atoms with van der Waals surface area (Å²) in [5.74, 6) is -0.762. The molecule has 0 saturated heterocycles. The maximum Gasteiger partial charge on any atom is 0.323 e. The molecule has 1 aliphatic rings. The van der Waals surface area contributed by atoms with Gasteiger partial charge in [-0.3, -0.25) is 4.79 Å². The van der Waals surface area contributed by atoms with Gasteiger partial charge in [-0.05, 0) is 43.9 Å². The first kappa shape index (κ1) is 16.0. The monoisotopic (exact) mass is 290 g/mol. The van der Waals surface area contributed by atoms with Crippen LogP contribution in [-0.4, -0.2) is 47.7 Å².